The SMILES string of the molecule is CC(=O)C1=C(O)C(N)=CC(=O)C1=N. The molecule has 1 aliphatic rings. The number of aliphatic hydroxyl groups is 1. The fraction of sp³-hybridized carbons (Fsp3) is 0.125. The van der Waals surface area contributed by atoms with Crippen molar-refractivity contribution in [2.75, 3.05) is 0 Å². The molecule has 0 aliphatic heterocycles. The fourth-order valence-electron chi connectivity index (χ4n) is 1.01. The molecule has 0 bridgehead atoms. The number of hydrogen-bond donors (Lipinski definition) is 3. The standard InChI is InChI=1S/C8H8N2O3/c1-3(11)6-7(10)5(12)2-4(9)8(6)13/h2,10,13H,9H2,1H3. The summed E-state index contributed by atoms with van der Waals surface area (Å²) in [6, 6.07) is 0. The van der Waals surface area contributed by atoms with E-state index in [9.17, 15) is 14.7 Å². The van der Waals surface area contributed by atoms with E-state index in [1.54, 1.807) is 0 Å². The van der Waals surface area contributed by atoms with E-state index in [1.165, 1.54) is 0 Å². The monoisotopic (exact) mass is 180 g/mol. The Hall–Kier alpha value is -1.91. The van der Waals surface area contributed by atoms with Crippen LogP contribution in [0, 0.1) is 5.41 Å². The van der Waals surface area contributed by atoms with Gasteiger partial charge in [0.1, 0.15) is 5.71 Å². The number of aliphatic hydroxyl groups excluding tert-OH is 1. The van der Waals surface area contributed by atoms with Gasteiger partial charge in [-0.1, -0.05) is 0 Å². The third-order valence-corrected chi connectivity index (χ3v) is 1.65. The number of carbonyl (C=O) groups is 2. The third-order valence-electron chi connectivity index (χ3n) is 1.65. The van der Waals surface area contributed by atoms with Crippen LogP contribution in [0.1, 0.15) is 6.92 Å². The first-order valence-electron chi connectivity index (χ1n) is 3.50. The lowest BCUT2D eigenvalue weighted by Gasteiger charge is -2.12. The second kappa shape index (κ2) is 2.85. The van der Waals surface area contributed by atoms with Gasteiger partial charge in [-0.3, -0.25) is 15.0 Å². The fourth-order valence-corrected chi connectivity index (χ4v) is 1.01. The predicted molar refractivity (Wildman–Crippen MR) is 45.3 cm³/mol. The maximum Gasteiger partial charge on any atom is 0.206 e. The molecule has 0 aromatic heterocycles. The smallest absolute Gasteiger partial charge is 0.206 e. The Morgan fingerprint density at radius 2 is 2.15 bits per heavy atom. The summed E-state index contributed by atoms with van der Waals surface area (Å²) in [6.07, 6.45) is 0.921. The highest BCUT2D eigenvalue weighted by molar-refractivity contribution is 6.54. The molecule has 0 unspecified atom stereocenters. The average Bonchev–Trinajstić information content (AvgIpc) is 2.01. The molecule has 1 aliphatic carbocycles. The van der Waals surface area contributed by atoms with Crippen LogP contribution in [0.5, 0.6) is 0 Å². The quantitative estimate of drug-likeness (QED) is 0.487. The highest BCUT2D eigenvalue weighted by atomic mass is 16.3. The largest absolute Gasteiger partial charge is 0.505 e. The van der Waals surface area contributed by atoms with Crippen molar-refractivity contribution in [3.05, 3.63) is 23.1 Å². The van der Waals surface area contributed by atoms with E-state index < -0.39 is 23.0 Å². The Morgan fingerprint density at radius 3 is 2.62 bits per heavy atom. The van der Waals surface area contributed by atoms with Gasteiger partial charge in [0.2, 0.25) is 5.78 Å². The van der Waals surface area contributed by atoms with Gasteiger partial charge >= 0.3 is 0 Å². The van der Waals surface area contributed by atoms with Gasteiger partial charge in [0.25, 0.3) is 0 Å². The Morgan fingerprint density at radius 1 is 1.62 bits per heavy atom. The molecule has 0 saturated carbocycles. The van der Waals surface area contributed by atoms with Crippen LogP contribution in [-0.4, -0.2) is 22.4 Å². The number of ketones is 2. The summed E-state index contributed by atoms with van der Waals surface area (Å²) in [6.45, 7) is 1.16. The summed E-state index contributed by atoms with van der Waals surface area (Å²) >= 11 is 0. The summed E-state index contributed by atoms with van der Waals surface area (Å²) in [7, 11) is 0. The van der Waals surface area contributed by atoms with E-state index in [0.29, 0.717) is 0 Å². The number of rotatable bonds is 1. The molecule has 0 spiro atoms. The van der Waals surface area contributed by atoms with Crippen LogP contribution in [0.4, 0.5) is 0 Å². The highest BCUT2D eigenvalue weighted by Crippen LogP contribution is 2.16. The van der Waals surface area contributed by atoms with Crippen molar-refractivity contribution in [3.63, 3.8) is 0 Å². The van der Waals surface area contributed by atoms with E-state index >= 15 is 0 Å². The lowest BCUT2D eigenvalue weighted by atomic mass is 9.95. The summed E-state index contributed by atoms with van der Waals surface area (Å²) in [5.74, 6) is -1.70. The van der Waals surface area contributed by atoms with Crippen molar-refractivity contribution < 1.29 is 14.7 Å². The number of hydrogen-bond acceptors (Lipinski definition) is 5. The van der Waals surface area contributed by atoms with Crippen molar-refractivity contribution in [2.45, 2.75) is 6.92 Å². The molecule has 5 heteroatoms. The van der Waals surface area contributed by atoms with E-state index in [0.717, 1.165) is 13.0 Å². The van der Waals surface area contributed by atoms with E-state index in [2.05, 4.69) is 0 Å². The zero-order valence-electron chi connectivity index (χ0n) is 6.92. The minimum Gasteiger partial charge on any atom is -0.505 e. The lowest BCUT2D eigenvalue weighted by Crippen LogP contribution is -2.26. The predicted octanol–water partition coefficient (Wildman–Crippen LogP) is -0.167. The molecular weight excluding hydrogens is 172 g/mol. The number of nitrogens with two attached hydrogens (primary N) is 1. The Kier molecular flexibility index (Phi) is 2.02. The van der Waals surface area contributed by atoms with Crippen molar-refractivity contribution in [1.29, 1.82) is 5.41 Å². The van der Waals surface area contributed by atoms with E-state index in [4.69, 9.17) is 11.1 Å². The normalized spacial score (nSPS) is 17.5. The van der Waals surface area contributed by atoms with Gasteiger partial charge in [0.15, 0.2) is 11.5 Å². The van der Waals surface area contributed by atoms with Gasteiger partial charge in [-0.15, -0.1) is 0 Å². The van der Waals surface area contributed by atoms with E-state index in [1.807, 2.05) is 0 Å². The van der Waals surface area contributed by atoms with Crippen LogP contribution in [0.3, 0.4) is 0 Å². The molecule has 13 heavy (non-hydrogen) atoms. The first-order valence-corrected chi connectivity index (χ1v) is 3.50. The molecule has 0 aromatic carbocycles. The zero-order chi connectivity index (χ0) is 10.2. The van der Waals surface area contributed by atoms with Gasteiger partial charge in [0.05, 0.1) is 11.3 Å². The van der Waals surface area contributed by atoms with Gasteiger partial charge < -0.3 is 10.8 Å². The van der Waals surface area contributed by atoms with Crippen LogP contribution in [-0.2, 0) is 9.59 Å². The molecule has 0 aromatic rings. The number of allylic oxidation sites excluding steroid dienone is 2. The first-order chi connectivity index (χ1) is 5.95. The van der Waals surface area contributed by atoms with E-state index in [-0.39, 0.29) is 11.3 Å². The van der Waals surface area contributed by atoms with Crippen LogP contribution in [0.2, 0.25) is 0 Å². The molecule has 4 N–H and O–H groups in total. The molecular formula is C8H8N2O3. The zero-order valence-corrected chi connectivity index (χ0v) is 6.92. The number of nitrogens with one attached hydrogen (secondary N) is 1. The van der Waals surface area contributed by atoms with Gasteiger partial charge in [-0.05, 0) is 6.92 Å². The maximum atomic E-state index is 11.0. The molecule has 5 nitrogen and oxygen atoms in total. The van der Waals surface area contributed by atoms with Crippen molar-refractivity contribution in [3.8, 4) is 0 Å². The Bertz CT molecular complexity index is 377. The summed E-state index contributed by atoms with van der Waals surface area (Å²) < 4.78 is 0. The molecule has 0 fully saturated rings. The summed E-state index contributed by atoms with van der Waals surface area (Å²) in [4.78, 5) is 21.9. The first kappa shape index (κ1) is 9.18. The van der Waals surface area contributed by atoms with Crippen LogP contribution in [0.15, 0.2) is 23.1 Å². The van der Waals surface area contributed by atoms with Crippen LogP contribution >= 0.6 is 0 Å². The Balaban J connectivity index is 3.35. The molecule has 1 rings (SSSR count). The van der Waals surface area contributed by atoms with Gasteiger partial charge in [-0.2, -0.15) is 0 Å². The minimum absolute atomic E-state index is 0.175. The maximum absolute atomic E-state index is 11.0. The minimum atomic E-state index is -0.666. The number of carbonyl (C=O) groups excluding carboxylic acids is 2. The third kappa shape index (κ3) is 1.35. The van der Waals surface area contributed by atoms with Crippen LogP contribution < -0.4 is 5.73 Å². The van der Waals surface area contributed by atoms with Gasteiger partial charge in [0, 0.05) is 6.08 Å². The average molecular weight is 180 g/mol. The second-order valence-electron chi connectivity index (χ2n) is 2.62. The van der Waals surface area contributed by atoms with Crippen molar-refractivity contribution >= 4 is 17.3 Å². The second-order valence-corrected chi connectivity index (χ2v) is 2.62. The summed E-state index contributed by atoms with van der Waals surface area (Å²) in [5, 5.41) is 16.5. The lowest BCUT2D eigenvalue weighted by molar-refractivity contribution is -0.114. The molecule has 0 heterocycles. The number of Topliss-reactive ketones (excluding diaryl/α,β-unsaturated/α-hetero) is 1. The van der Waals surface area contributed by atoms with Crippen molar-refractivity contribution in [2.24, 2.45) is 5.73 Å². The topological polar surface area (TPSA) is 104 Å². The van der Waals surface area contributed by atoms with Gasteiger partial charge in [-0.25, -0.2) is 0 Å². The van der Waals surface area contributed by atoms with Crippen molar-refractivity contribution in [1.82, 2.24) is 0 Å². The summed E-state index contributed by atoms with van der Waals surface area (Å²) in [5.41, 5.74) is 4.24. The molecule has 0 amide bonds. The Labute approximate surface area is 74.1 Å². The highest BCUT2D eigenvalue weighted by Gasteiger charge is 2.26. The molecule has 0 atom stereocenters. The molecule has 0 radical (unpaired) electrons. The molecule has 68 valence electrons. The van der Waals surface area contributed by atoms with Crippen LogP contribution in [0.25, 0.3) is 0 Å². The molecule has 0 saturated heterocycles.